The van der Waals surface area contributed by atoms with Gasteiger partial charge in [0.15, 0.2) is 0 Å². The molecule has 0 radical (unpaired) electrons. The second kappa shape index (κ2) is 7.63. The first-order valence-electron chi connectivity index (χ1n) is 6.57. The van der Waals surface area contributed by atoms with Crippen molar-refractivity contribution in [2.24, 2.45) is 5.73 Å². The third-order valence-electron chi connectivity index (χ3n) is 3.34. The molecule has 1 saturated heterocycles. The molecule has 0 spiro atoms. The SMILES string of the molecule is CCNC(CCN1CCCN(C)CC1)C(N)=O. The Morgan fingerprint density at radius 3 is 2.76 bits per heavy atom. The normalized spacial score (nSPS) is 21.1. The van der Waals surface area contributed by atoms with Crippen LogP contribution in [0.5, 0.6) is 0 Å². The number of nitrogens with one attached hydrogen (secondary N) is 1. The van der Waals surface area contributed by atoms with Crippen LogP contribution in [0.25, 0.3) is 0 Å². The van der Waals surface area contributed by atoms with E-state index in [2.05, 4.69) is 22.2 Å². The van der Waals surface area contributed by atoms with Gasteiger partial charge >= 0.3 is 0 Å². The zero-order valence-electron chi connectivity index (χ0n) is 11.1. The molecule has 5 heteroatoms. The van der Waals surface area contributed by atoms with Crippen molar-refractivity contribution in [1.82, 2.24) is 15.1 Å². The van der Waals surface area contributed by atoms with Crippen molar-refractivity contribution in [1.29, 1.82) is 0 Å². The summed E-state index contributed by atoms with van der Waals surface area (Å²) in [5, 5.41) is 3.13. The molecule has 1 rings (SSSR count). The number of likely N-dealkylation sites (N-methyl/N-ethyl adjacent to an activating group) is 2. The lowest BCUT2D eigenvalue weighted by Crippen LogP contribution is -2.43. The predicted molar refractivity (Wildman–Crippen MR) is 69.8 cm³/mol. The van der Waals surface area contributed by atoms with Crippen molar-refractivity contribution in [3.63, 3.8) is 0 Å². The van der Waals surface area contributed by atoms with E-state index in [9.17, 15) is 4.79 Å². The van der Waals surface area contributed by atoms with Crippen molar-refractivity contribution < 1.29 is 4.79 Å². The molecule has 100 valence electrons. The molecule has 0 aliphatic carbocycles. The van der Waals surface area contributed by atoms with E-state index in [1.165, 1.54) is 13.0 Å². The van der Waals surface area contributed by atoms with Crippen LogP contribution in [0, 0.1) is 0 Å². The number of nitrogens with two attached hydrogens (primary N) is 1. The van der Waals surface area contributed by atoms with Crippen LogP contribution in [0.1, 0.15) is 19.8 Å². The first kappa shape index (κ1) is 14.4. The van der Waals surface area contributed by atoms with E-state index in [4.69, 9.17) is 5.73 Å². The molecule has 1 fully saturated rings. The van der Waals surface area contributed by atoms with E-state index in [-0.39, 0.29) is 11.9 Å². The summed E-state index contributed by atoms with van der Waals surface area (Å²) in [6, 6.07) is -0.180. The number of rotatable bonds is 6. The summed E-state index contributed by atoms with van der Waals surface area (Å²) >= 11 is 0. The second-order valence-corrected chi connectivity index (χ2v) is 4.80. The van der Waals surface area contributed by atoms with E-state index in [0.717, 1.165) is 39.1 Å². The summed E-state index contributed by atoms with van der Waals surface area (Å²) in [4.78, 5) is 16.0. The van der Waals surface area contributed by atoms with Gasteiger partial charge in [0.05, 0.1) is 6.04 Å². The highest BCUT2D eigenvalue weighted by atomic mass is 16.1. The van der Waals surface area contributed by atoms with E-state index in [1.807, 2.05) is 6.92 Å². The molecule has 0 aromatic heterocycles. The third kappa shape index (κ3) is 5.48. The summed E-state index contributed by atoms with van der Waals surface area (Å²) in [6.45, 7) is 8.24. The van der Waals surface area contributed by atoms with Crippen molar-refractivity contribution in [3.8, 4) is 0 Å². The summed E-state index contributed by atoms with van der Waals surface area (Å²) < 4.78 is 0. The average Bonchev–Trinajstić information content (AvgIpc) is 2.49. The molecule has 17 heavy (non-hydrogen) atoms. The molecule has 1 aliphatic heterocycles. The second-order valence-electron chi connectivity index (χ2n) is 4.80. The lowest BCUT2D eigenvalue weighted by Gasteiger charge is -2.22. The van der Waals surface area contributed by atoms with Gasteiger partial charge in [0, 0.05) is 19.6 Å². The quantitative estimate of drug-likeness (QED) is 0.658. The first-order valence-corrected chi connectivity index (χ1v) is 6.57. The van der Waals surface area contributed by atoms with E-state index in [0.29, 0.717) is 0 Å². The molecule has 1 aliphatic rings. The fraction of sp³-hybridized carbons (Fsp3) is 0.917. The Morgan fingerprint density at radius 1 is 1.35 bits per heavy atom. The number of hydrogen-bond donors (Lipinski definition) is 2. The molecular formula is C12H26N4O. The van der Waals surface area contributed by atoms with Crippen LogP contribution in [0.4, 0.5) is 0 Å². The molecule has 1 atom stereocenters. The zero-order valence-corrected chi connectivity index (χ0v) is 11.1. The van der Waals surface area contributed by atoms with Gasteiger partial charge in [0.25, 0.3) is 0 Å². The zero-order chi connectivity index (χ0) is 12.7. The van der Waals surface area contributed by atoms with Gasteiger partial charge in [-0.15, -0.1) is 0 Å². The highest BCUT2D eigenvalue weighted by Gasteiger charge is 2.17. The minimum absolute atomic E-state index is 0.180. The maximum absolute atomic E-state index is 11.2. The average molecular weight is 242 g/mol. The monoisotopic (exact) mass is 242 g/mol. The molecular weight excluding hydrogens is 216 g/mol. The molecule has 0 saturated carbocycles. The van der Waals surface area contributed by atoms with E-state index in [1.54, 1.807) is 0 Å². The molecule has 0 aromatic carbocycles. The Balaban J connectivity index is 2.30. The predicted octanol–water partition coefficient (Wildman–Crippen LogP) is -0.523. The highest BCUT2D eigenvalue weighted by molar-refractivity contribution is 5.79. The van der Waals surface area contributed by atoms with Crippen LogP contribution in [0.15, 0.2) is 0 Å². The lowest BCUT2D eigenvalue weighted by atomic mass is 10.2. The van der Waals surface area contributed by atoms with Crippen molar-refractivity contribution >= 4 is 5.91 Å². The molecule has 1 unspecified atom stereocenters. The Bertz CT molecular complexity index is 235. The summed E-state index contributed by atoms with van der Waals surface area (Å²) in [5.74, 6) is -0.237. The van der Waals surface area contributed by atoms with Crippen LogP contribution >= 0.6 is 0 Å². The van der Waals surface area contributed by atoms with Gasteiger partial charge in [-0.05, 0) is 39.5 Å². The van der Waals surface area contributed by atoms with Crippen molar-refractivity contribution in [2.45, 2.75) is 25.8 Å². The van der Waals surface area contributed by atoms with Crippen LogP contribution in [-0.4, -0.2) is 68.1 Å². The Morgan fingerprint density at radius 2 is 2.12 bits per heavy atom. The topological polar surface area (TPSA) is 61.6 Å². The van der Waals surface area contributed by atoms with Gasteiger partial charge in [-0.3, -0.25) is 4.79 Å². The standard InChI is InChI=1S/C12H26N4O/c1-3-14-11(12(13)17)5-8-16-7-4-6-15(2)9-10-16/h11,14H,3-10H2,1-2H3,(H2,13,17). The summed E-state index contributed by atoms with van der Waals surface area (Å²) in [7, 11) is 2.16. The van der Waals surface area contributed by atoms with Gasteiger partial charge in [0.2, 0.25) is 5.91 Å². The van der Waals surface area contributed by atoms with Gasteiger partial charge < -0.3 is 20.9 Å². The Labute approximate surface area is 104 Å². The van der Waals surface area contributed by atoms with E-state index < -0.39 is 0 Å². The van der Waals surface area contributed by atoms with Crippen LogP contribution in [-0.2, 0) is 4.79 Å². The molecule has 1 heterocycles. The largest absolute Gasteiger partial charge is 0.368 e. The van der Waals surface area contributed by atoms with Gasteiger partial charge in [-0.25, -0.2) is 0 Å². The van der Waals surface area contributed by atoms with Crippen molar-refractivity contribution in [2.75, 3.05) is 46.3 Å². The highest BCUT2D eigenvalue weighted by Crippen LogP contribution is 2.03. The molecule has 3 N–H and O–H groups in total. The van der Waals surface area contributed by atoms with Crippen LogP contribution in [0.3, 0.4) is 0 Å². The fourth-order valence-corrected chi connectivity index (χ4v) is 2.23. The lowest BCUT2D eigenvalue weighted by molar-refractivity contribution is -0.120. The maximum Gasteiger partial charge on any atom is 0.234 e. The fourth-order valence-electron chi connectivity index (χ4n) is 2.23. The number of carbonyl (C=O) groups is 1. The van der Waals surface area contributed by atoms with Gasteiger partial charge in [-0.1, -0.05) is 6.92 Å². The smallest absolute Gasteiger partial charge is 0.234 e. The molecule has 0 aromatic rings. The number of primary amides is 1. The summed E-state index contributed by atoms with van der Waals surface area (Å²) in [6.07, 6.45) is 2.02. The van der Waals surface area contributed by atoms with Gasteiger partial charge in [0.1, 0.15) is 0 Å². The van der Waals surface area contributed by atoms with Gasteiger partial charge in [-0.2, -0.15) is 0 Å². The number of hydrogen-bond acceptors (Lipinski definition) is 4. The minimum Gasteiger partial charge on any atom is -0.368 e. The van der Waals surface area contributed by atoms with Crippen LogP contribution < -0.4 is 11.1 Å². The molecule has 5 nitrogen and oxygen atoms in total. The first-order chi connectivity index (χ1) is 8.13. The Hall–Kier alpha value is -0.650. The molecule has 1 amide bonds. The Kier molecular flexibility index (Phi) is 6.47. The number of amides is 1. The van der Waals surface area contributed by atoms with Crippen molar-refractivity contribution in [3.05, 3.63) is 0 Å². The minimum atomic E-state index is -0.237. The summed E-state index contributed by atoms with van der Waals surface area (Å²) in [5.41, 5.74) is 5.36. The maximum atomic E-state index is 11.2. The number of nitrogens with zero attached hydrogens (tertiary/aromatic N) is 2. The number of carbonyl (C=O) groups excluding carboxylic acids is 1. The third-order valence-corrected chi connectivity index (χ3v) is 3.34. The molecule has 0 bridgehead atoms. The van der Waals surface area contributed by atoms with Crippen LogP contribution in [0.2, 0.25) is 0 Å². The van der Waals surface area contributed by atoms with E-state index >= 15 is 0 Å².